The lowest BCUT2D eigenvalue weighted by atomic mass is 9.47. The molecule has 0 aromatic rings. The fourth-order valence-electron chi connectivity index (χ4n) is 12.4. The van der Waals surface area contributed by atoms with Gasteiger partial charge in [0.25, 0.3) is 0 Å². The van der Waals surface area contributed by atoms with Gasteiger partial charge in [0.05, 0.1) is 0 Å². The van der Waals surface area contributed by atoms with E-state index < -0.39 is 0 Å². The van der Waals surface area contributed by atoms with Gasteiger partial charge in [-0.15, -0.1) is 0 Å². The zero-order chi connectivity index (χ0) is 37.9. The van der Waals surface area contributed by atoms with Gasteiger partial charge in [0.2, 0.25) is 0 Å². The van der Waals surface area contributed by atoms with E-state index in [0.717, 1.165) is 54.8 Å². The first-order valence-electron chi connectivity index (χ1n) is 24.2. The first kappa shape index (κ1) is 44.7. The Bertz CT molecular complexity index is 1070. The Hall–Kier alpha value is -1.05. The van der Waals surface area contributed by atoms with Crippen molar-refractivity contribution in [3.05, 3.63) is 23.8 Å². The molecule has 0 saturated heterocycles. The van der Waals surface area contributed by atoms with E-state index in [1.807, 2.05) is 0 Å². The fourth-order valence-corrected chi connectivity index (χ4v) is 12.4. The molecule has 3 fully saturated rings. The van der Waals surface area contributed by atoms with Gasteiger partial charge in [-0.3, -0.25) is 4.79 Å². The first-order valence-corrected chi connectivity index (χ1v) is 24.2. The molecule has 0 N–H and O–H groups in total. The summed E-state index contributed by atoms with van der Waals surface area (Å²) < 4.78 is 6.15. The van der Waals surface area contributed by atoms with Gasteiger partial charge in [-0.1, -0.05) is 174 Å². The van der Waals surface area contributed by atoms with Gasteiger partial charge < -0.3 is 4.74 Å². The molecule has 4 aliphatic rings. The van der Waals surface area contributed by atoms with E-state index in [1.165, 1.54) is 173 Å². The molecule has 0 aliphatic heterocycles. The van der Waals surface area contributed by atoms with Crippen LogP contribution in [0.5, 0.6) is 0 Å². The largest absolute Gasteiger partial charge is 0.462 e. The van der Waals surface area contributed by atoms with Crippen molar-refractivity contribution in [3.8, 4) is 0 Å². The fraction of sp³-hybridized carbons (Fsp3) is 0.902. The highest BCUT2D eigenvalue weighted by atomic mass is 16.5. The second-order valence-corrected chi connectivity index (χ2v) is 20.1. The summed E-state index contributed by atoms with van der Waals surface area (Å²) in [6.07, 6.45) is 48.3. The molecule has 0 radical (unpaired) electrons. The van der Waals surface area contributed by atoms with E-state index in [-0.39, 0.29) is 12.1 Å². The zero-order valence-electron chi connectivity index (χ0n) is 36.5. The molecule has 3 saturated carbocycles. The number of rotatable bonds is 27. The second-order valence-electron chi connectivity index (χ2n) is 20.1. The maximum absolute atomic E-state index is 12.9. The highest BCUT2D eigenvalue weighted by Crippen LogP contribution is 2.67. The molecule has 306 valence electrons. The van der Waals surface area contributed by atoms with E-state index in [1.54, 1.807) is 5.57 Å². The van der Waals surface area contributed by atoms with Crippen LogP contribution < -0.4 is 0 Å². The average molecular weight is 735 g/mol. The molecular weight excluding hydrogens is 645 g/mol. The van der Waals surface area contributed by atoms with Crippen molar-refractivity contribution in [2.75, 3.05) is 0 Å². The van der Waals surface area contributed by atoms with Gasteiger partial charge in [0.15, 0.2) is 0 Å². The number of ether oxygens (including phenoxy) is 1. The lowest BCUT2D eigenvalue weighted by Gasteiger charge is -2.58. The summed E-state index contributed by atoms with van der Waals surface area (Å²) in [4.78, 5) is 12.9. The second kappa shape index (κ2) is 23.9. The van der Waals surface area contributed by atoms with Crippen LogP contribution in [0.15, 0.2) is 23.8 Å². The van der Waals surface area contributed by atoms with E-state index >= 15 is 0 Å². The lowest BCUT2D eigenvalue weighted by Crippen LogP contribution is -2.51. The highest BCUT2D eigenvalue weighted by molar-refractivity contribution is 5.69. The third-order valence-electron chi connectivity index (χ3n) is 15.7. The zero-order valence-corrected chi connectivity index (χ0v) is 36.5. The maximum atomic E-state index is 12.9. The van der Waals surface area contributed by atoms with Gasteiger partial charge in [-0.25, -0.2) is 0 Å². The Morgan fingerprint density at radius 1 is 0.717 bits per heavy atom. The molecule has 0 unspecified atom stereocenters. The van der Waals surface area contributed by atoms with Crippen molar-refractivity contribution >= 4 is 5.97 Å². The summed E-state index contributed by atoms with van der Waals surface area (Å²) in [5.74, 6) is 5.33. The molecule has 0 bridgehead atoms. The van der Waals surface area contributed by atoms with E-state index in [4.69, 9.17) is 4.74 Å². The number of fused-ring (bicyclic) bond motifs is 5. The first-order chi connectivity index (χ1) is 25.7. The maximum Gasteiger partial charge on any atom is 0.306 e. The molecular formula is C51H90O2. The van der Waals surface area contributed by atoms with E-state index in [9.17, 15) is 4.79 Å². The smallest absolute Gasteiger partial charge is 0.306 e. The number of esters is 1. The Labute approximate surface area is 331 Å². The van der Waals surface area contributed by atoms with Crippen LogP contribution in [0.2, 0.25) is 0 Å². The summed E-state index contributed by atoms with van der Waals surface area (Å²) in [5.41, 5.74) is 2.53. The van der Waals surface area contributed by atoms with E-state index in [2.05, 4.69) is 59.8 Å². The summed E-state index contributed by atoms with van der Waals surface area (Å²) in [7, 11) is 0. The summed E-state index contributed by atoms with van der Waals surface area (Å²) in [6, 6.07) is 0. The van der Waals surface area contributed by atoms with Crippen molar-refractivity contribution in [1.82, 2.24) is 0 Å². The van der Waals surface area contributed by atoms with Crippen LogP contribution in [0, 0.1) is 46.3 Å². The van der Waals surface area contributed by atoms with Crippen LogP contribution in [0.1, 0.15) is 241 Å². The lowest BCUT2D eigenvalue weighted by molar-refractivity contribution is -0.151. The molecule has 4 rings (SSSR count). The number of hydrogen-bond acceptors (Lipinski definition) is 2. The SMILES string of the molecule is CCCCCCCCC=CCCCCCCCCCCCCCC(=O)O[C@H]1CC[C@@]2(C)C(=CC[C@H]3[C@@H]4CC[C@H]([C@H](C)CCCC(C)C)[C@@]4(C)CC[C@@H]32)C1. The molecule has 4 aliphatic carbocycles. The predicted molar refractivity (Wildman–Crippen MR) is 230 cm³/mol. The average Bonchev–Trinajstić information content (AvgIpc) is 3.49. The Morgan fingerprint density at radius 3 is 1.94 bits per heavy atom. The van der Waals surface area contributed by atoms with Gasteiger partial charge in [0, 0.05) is 12.8 Å². The topological polar surface area (TPSA) is 26.3 Å². The summed E-state index contributed by atoms with van der Waals surface area (Å²) >= 11 is 0. The van der Waals surface area contributed by atoms with Crippen LogP contribution in [0.4, 0.5) is 0 Å². The van der Waals surface area contributed by atoms with Gasteiger partial charge in [0.1, 0.15) is 6.10 Å². The van der Waals surface area contributed by atoms with Crippen molar-refractivity contribution in [2.45, 2.75) is 247 Å². The molecule has 0 amide bonds. The third-order valence-corrected chi connectivity index (χ3v) is 15.7. The van der Waals surface area contributed by atoms with Gasteiger partial charge in [-0.05, 0) is 123 Å². The monoisotopic (exact) mass is 735 g/mol. The Balaban J connectivity index is 1.01. The minimum atomic E-state index is 0.0640. The number of carbonyl (C=O) groups excluding carboxylic acids is 1. The Kier molecular flexibility index (Phi) is 20.1. The number of allylic oxidation sites excluding steroid dienone is 3. The van der Waals surface area contributed by atoms with Crippen LogP contribution in [-0.4, -0.2) is 12.1 Å². The molecule has 2 nitrogen and oxygen atoms in total. The van der Waals surface area contributed by atoms with Crippen LogP contribution in [0.25, 0.3) is 0 Å². The molecule has 0 aromatic carbocycles. The molecule has 2 heteroatoms. The molecule has 53 heavy (non-hydrogen) atoms. The van der Waals surface area contributed by atoms with Crippen molar-refractivity contribution in [2.24, 2.45) is 46.3 Å². The van der Waals surface area contributed by atoms with Crippen molar-refractivity contribution in [1.29, 1.82) is 0 Å². The highest BCUT2D eigenvalue weighted by Gasteiger charge is 2.59. The van der Waals surface area contributed by atoms with Crippen molar-refractivity contribution < 1.29 is 9.53 Å². The van der Waals surface area contributed by atoms with Crippen LogP contribution >= 0.6 is 0 Å². The summed E-state index contributed by atoms with van der Waals surface area (Å²) in [6.45, 7) is 15.0. The Morgan fingerprint density at radius 2 is 1.32 bits per heavy atom. The molecule has 0 spiro atoms. The predicted octanol–water partition coefficient (Wildman–Crippen LogP) is 16.3. The normalized spacial score (nSPS) is 30.2. The van der Waals surface area contributed by atoms with E-state index in [0.29, 0.717) is 17.3 Å². The standard InChI is InChI=1S/C51H90O2/c1-7-8-9-10-11-12-13-14-15-16-17-18-19-20-21-22-23-24-25-26-27-31-49(52)53-44-36-38-50(5)43(40-44)32-33-45-47-35-34-46(42(4)30-28-29-41(2)3)51(47,6)39-37-48(45)50/h14-15,32,41-42,44-48H,7-13,16-31,33-40H2,1-6H3/t42-,44+,45+,46-,47+,48+,50+,51-/m1/s1. The molecule has 8 atom stereocenters. The quantitative estimate of drug-likeness (QED) is 0.0477. The van der Waals surface area contributed by atoms with Crippen LogP contribution in [-0.2, 0) is 9.53 Å². The molecule has 0 heterocycles. The number of unbranched alkanes of at least 4 members (excludes halogenated alkanes) is 17. The number of hydrogen-bond donors (Lipinski definition) is 0. The van der Waals surface area contributed by atoms with Gasteiger partial charge >= 0.3 is 5.97 Å². The minimum absolute atomic E-state index is 0.0640. The van der Waals surface area contributed by atoms with Gasteiger partial charge in [-0.2, -0.15) is 0 Å². The third kappa shape index (κ3) is 13.8. The summed E-state index contributed by atoms with van der Waals surface area (Å²) in [5, 5.41) is 0. The number of carbonyl (C=O) groups is 1. The molecule has 0 aromatic heterocycles. The van der Waals surface area contributed by atoms with Crippen LogP contribution in [0.3, 0.4) is 0 Å². The minimum Gasteiger partial charge on any atom is -0.462 e. The van der Waals surface area contributed by atoms with Crippen molar-refractivity contribution in [3.63, 3.8) is 0 Å².